The lowest BCUT2D eigenvalue weighted by molar-refractivity contribution is -0.121. The number of para-hydroxylation sites is 1. The first-order valence-electron chi connectivity index (χ1n) is 7.29. The number of carbonyl (C=O) groups is 1. The summed E-state index contributed by atoms with van der Waals surface area (Å²) >= 11 is 0. The van der Waals surface area contributed by atoms with E-state index in [1.165, 1.54) is 0 Å². The molecule has 1 amide bonds. The largest absolute Gasteiger partial charge is 0.374 e. The fourth-order valence-electron chi connectivity index (χ4n) is 2.78. The zero-order valence-corrected chi connectivity index (χ0v) is 12.7. The molecule has 3 N–H and O–H groups in total. The van der Waals surface area contributed by atoms with Crippen LogP contribution >= 0.6 is 0 Å². The zero-order chi connectivity index (χ0) is 15.4. The molecule has 4 nitrogen and oxygen atoms in total. The van der Waals surface area contributed by atoms with Crippen LogP contribution in [0.25, 0.3) is 0 Å². The molecule has 4 unspecified atom stereocenters. The Hall–Kier alpha value is -1.83. The van der Waals surface area contributed by atoms with Gasteiger partial charge in [-0.3, -0.25) is 4.79 Å². The summed E-state index contributed by atoms with van der Waals surface area (Å²) in [5, 5.41) is 2.98. The molecule has 1 aromatic carbocycles. The van der Waals surface area contributed by atoms with E-state index in [0.29, 0.717) is 6.54 Å². The van der Waals surface area contributed by atoms with Crippen molar-refractivity contribution in [2.75, 3.05) is 11.9 Å². The lowest BCUT2D eigenvalue weighted by Gasteiger charge is -2.18. The van der Waals surface area contributed by atoms with Crippen LogP contribution < -0.4 is 11.1 Å². The first kappa shape index (κ1) is 15.6. The van der Waals surface area contributed by atoms with Crippen LogP contribution in [0.5, 0.6) is 0 Å². The van der Waals surface area contributed by atoms with Gasteiger partial charge < -0.3 is 15.8 Å². The quantitative estimate of drug-likeness (QED) is 0.817. The highest BCUT2D eigenvalue weighted by Gasteiger charge is 2.41. The number of nitrogens with two attached hydrogens (primary N) is 1. The maximum absolute atomic E-state index is 12.5. The number of ether oxygens (including phenoxy) is 1. The molecule has 4 atom stereocenters. The van der Waals surface area contributed by atoms with Crippen LogP contribution in [0, 0.1) is 23.7 Å². The van der Waals surface area contributed by atoms with E-state index in [4.69, 9.17) is 10.5 Å². The van der Waals surface area contributed by atoms with Crippen LogP contribution in [0.3, 0.4) is 0 Å². The summed E-state index contributed by atoms with van der Waals surface area (Å²) in [6, 6.07) is 7.50. The van der Waals surface area contributed by atoms with Crippen molar-refractivity contribution in [2.24, 2.45) is 17.6 Å². The van der Waals surface area contributed by atoms with Crippen LogP contribution in [-0.4, -0.2) is 24.7 Å². The van der Waals surface area contributed by atoms with Gasteiger partial charge in [0.25, 0.3) is 0 Å². The summed E-state index contributed by atoms with van der Waals surface area (Å²) < 4.78 is 5.73. The Morgan fingerprint density at radius 2 is 2.00 bits per heavy atom. The van der Waals surface area contributed by atoms with Crippen molar-refractivity contribution in [1.82, 2.24) is 0 Å². The van der Waals surface area contributed by atoms with Crippen molar-refractivity contribution in [2.45, 2.75) is 33.0 Å². The monoisotopic (exact) mass is 286 g/mol. The number of anilines is 1. The van der Waals surface area contributed by atoms with Gasteiger partial charge in [-0.15, -0.1) is 0 Å². The van der Waals surface area contributed by atoms with E-state index < -0.39 is 0 Å². The molecule has 21 heavy (non-hydrogen) atoms. The summed E-state index contributed by atoms with van der Waals surface area (Å²) in [4.78, 5) is 12.5. The molecule has 4 heteroatoms. The minimum absolute atomic E-state index is 0.0126. The molecular formula is C17H22N2O2. The Balaban J connectivity index is 2.17. The van der Waals surface area contributed by atoms with Crippen LogP contribution in [0.2, 0.25) is 0 Å². The van der Waals surface area contributed by atoms with E-state index in [0.717, 1.165) is 11.3 Å². The van der Waals surface area contributed by atoms with Crippen molar-refractivity contribution in [1.29, 1.82) is 0 Å². The van der Waals surface area contributed by atoms with Gasteiger partial charge in [0.05, 0.1) is 30.4 Å². The molecule has 1 aromatic rings. The Bertz CT molecular complexity index is 574. The summed E-state index contributed by atoms with van der Waals surface area (Å²) in [6.45, 7) is 6.31. The van der Waals surface area contributed by atoms with E-state index in [-0.39, 0.29) is 30.0 Å². The van der Waals surface area contributed by atoms with Gasteiger partial charge in [-0.25, -0.2) is 0 Å². The predicted octanol–water partition coefficient (Wildman–Crippen LogP) is 1.99. The average molecular weight is 286 g/mol. The number of hydrogen-bond donors (Lipinski definition) is 2. The molecule has 0 aromatic heterocycles. The van der Waals surface area contributed by atoms with E-state index in [2.05, 4.69) is 24.1 Å². The van der Waals surface area contributed by atoms with Gasteiger partial charge in [-0.2, -0.15) is 0 Å². The second-order valence-electron chi connectivity index (χ2n) is 5.47. The number of hydrogen-bond acceptors (Lipinski definition) is 3. The van der Waals surface area contributed by atoms with Crippen molar-refractivity contribution < 1.29 is 9.53 Å². The topological polar surface area (TPSA) is 64.3 Å². The van der Waals surface area contributed by atoms with Gasteiger partial charge in [-0.1, -0.05) is 30.9 Å². The molecule has 0 radical (unpaired) electrons. The summed E-state index contributed by atoms with van der Waals surface area (Å²) in [6.07, 6.45) is 0.0281. The zero-order valence-electron chi connectivity index (χ0n) is 12.7. The maximum Gasteiger partial charge on any atom is 0.230 e. The van der Waals surface area contributed by atoms with Crippen molar-refractivity contribution in [3.63, 3.8) is 0 Å². The lowest BCUT2D eigenvalue weighted by Crippen LogP contribution is -2.32. The number of benzene rings is 1. The Kier molecular flexibility index (Phi) is 5.00. The predicted molar refractivity (Wildman–Crippen MR) is 83.7 cm³/mol. The fourth-order valence-corrected chi connectivity index (χ4v) is 2.78. The average Bonchev–Trinajstić information content (AvgIpc) is 2.71. The smallest absolute Gasteiger partial charge is 0.230 e. The molecule has 1 heterocycles. The van der Waals surface area contributed by atoms with E-state index >= 15 is 0 Å². The van der Waals surface area contributed by atoms with Gasteiger partial charge in [0, 0.05) is 5.56 Å². The molecule has 0 bridgehead atoms. The van der Waals surface area contributed by atoms with Crippen LogP contribution in [0.4, 0.5) is 5.69 Å². The minimum Gasteiger partial charge on any atom is -0.374 e. The van der Waals surface area contributed by atoms with Crippen LogP contribution in [0.15, 0.2) is 24.3 Å². The Morgan fingerprint density at radius 3 is 2.62 bits per heavy atom. The van der Waals surface area contributed by atoms with Gasteiger partial charge >= 0.3 is 0 Å². The molecule has 112 valence electrons. The third kappa shape index (κ3) is 3.44. The van der Waals surface area contributed by atoms with Gasteiger partial charge in [0.2, 0.25) is 5.91 Å². The molecular weight excluding hydrogens is 264 g/mol. The highest BCUT2D eigenvalue weighted by molar-refractivity contribution is 5.94. The normalized spacial score (nSPS) is 27.8. The highest BCUT2D eigenvalue weighted by atomic mass is 16.5. The molecule has 1 saturated heterocycles. The van der Waals surface area contributed by atoms with Crippen LogP contribution in [-0.2, 0) is 9.53 Å². The van der Waals surface area contributed by atoms with Crippen molar-refractivity contribution >= 4 is 11.6 Å². The Labute approximate surface area is 126 Å². The number of amides is 1. The van der Waals surface area contributed by atoms with Crippen molar-refractivity contribution in [3.05, 3.63) is 29.8 Å². The third-order valence-electron chi connectivity index (χ3n) is 4.05. The molecule has 1 aliphatic heterocycles. The minimum atomic E-state index is -0.143. The first-order valence-corrected chi connectivity index (χ1v) is 7.29. The van der Waals surface area contributed by atoms with E-state index in [1.807, 2.05) is 38.1 Å². The number of rotatable bonds is 2. The van der Waals surface area contributed by atoms with Crippen LogP contribution in [0.1, 0.15) is 26.3 Å². The Morgan fingerprint density at radius 1 is 1.29 bits per heavy atom. The molecule has 1 aliphatic rings. The fraction of sp³-hybridized carbons (Fsp3) is 0.471. The second-order valence-corrected chi connectivity index (χ2v) is 5.47. The molecule has 0 spiro atoms. The summed E-state index contributed by atoms with van der Waals surface area (Å²) in [5.41, 5.74) is 6.91. The molecule has 0 saturated carbocycles. The van der Waals surface area contributed by atoms with Crippen molar-refractivity contribution in [3.8, 4) is 11.8 Å². The number of carbonyl (C=O) groups excluding carboxylic acids is 1. The number of nitrogens with one attached hydrogen (secondary N) is 1. The van der Waals surface area contributed by atoms with Gasteiger partial charge in [0.1, 0.15) is 0 Å². The van der Waals surface area contributed by atoms with E-state index in [1.54, 1.807) is 0 Å². The standard InChI is InChI=1S/C17H22N2O2/c1-11-12(2)21-13(3)16(11)17(20)19-15-9-5-4-7-14(15)8-6-10-18/h4-5,7,9,11-13,16H,10,18H2,1-3H3,(H,19,20). The summed E-state index contributed by atoms with van der Waals surface area (Å²) in [7, 11) is 0. The maximum atomic E-state index is 12.5. The SMILES string of the molecule is CC1OC(C)C(C(=O)Nc2ccccc2C#CCN)C1C. The molecule has 1 fully saturated rings. The summed E-state index contributed by atoms with van der Waals surface area (Å²) in [5.74, 6) is 5.83. The molecule has 0 aliphatic carbocycles. The highest BCUT2D eigenvalue weighted by Crippen LogP contribution is 2.33. The second kappa shape index (κ2) is 6.75. The van der Waals surface area contributed by atoms with E-state index in [9.17, 15) is 4.79 Å². The lowest BCUT2D eigenvalue weighted by atomic mass is 9.88. The van der Waals surface area contributed by atoms with Gasteiger partial charge in [0.15, 0.2) is 0 Å². The van der Waals surface area contributed by atoms with Gasteiger partial charge in [-0.05, 0) is 31.9 Å². The molecule has 2 rings (SSSR count). The third-order valence-corrected chi connectivity index (χ3v) is 4.05. The first-order chi connectivity index (χ1) is 10.0.